The summed E-state index contributed by atoms with van der Waals surface area (Å²) in [6.45, 7) is 5.46. The van der Waals surface area contributed by atoms with Crippen LogP contribution in [0.4, 0.5) is 0 Å². The molecule has 0 radical (unpaired) electrons. The minimum absolute atomic E-state index is 0.0116. The maximum Gasteiger partial charge on any atom is 0.293 e. The molecule has 0 saturated carbocycles. The summed E-state index contributed by atoms with van der Waals surface area (Å²) >= 11 is 0. The van der Waals surface area contributed by atoms with Crippen LogP contribution >= 0.6 is 0 Å². The van der Waals surface area contributed by atoms with Crippen molar-refractivity contribution in [2.75, 3.05) is 0 Å². The van der Waals surface area contributed by atoms with Gasteiger partial charge in [-0.3, -0.25) is 0 Å². The van der Waals surface area contributed by atoms with Crippen LogP contribution in [0.1, 0.15) is 17.0 Å². The summed E-state index contributed by atoms with van der Waals surface area (Å²) in [6, 6.07) is 13.1. The molecule has 0 bridgehead atoms. The molecular weight excluding hydrogens is 280 g/mol. The van der Waals surface area contributed by atoms with Gasteiger partial charge in [-0.2, -0.15) is 9.46 Å². The lowest BCUT2D eigenvalue weighted by molar-refractivity contribution is -0.635. The number of rotatable bonds is 2. The molecule has 0 fully saturated rings. The Bertz CT molecular complexity index is 904. The summed E-state index contributed by atoms with van der Waals surface area (Å²) in [5.41, 5.74) is 1.67. The van der Waals surface area contributed by atoms with Gasteiger partial charge in [0.05, 0.1) is 5.57 Å². The van der Waals surface area contributed by atoms with Crippen LogP contribution in [0, 0.1) is 17.3 Å². The number of para-hydroxylation sites is 3. The number of benzene rings is 2. The first-order valence-corrected chi connectivity index (χ1v) is 6.74. The number of hydrogen-bond donors (Lipinski definition) is 1. The second-order valence-corrected chi connectivity index (χ2v) is 5.01. The Hall–Kier alpha value is -3.08. The number of hydrogen-bond acceptors (Lipinski definition) is 3. The van der Waals surface area contributed by atoms with Gasteiger partial charge in [0.15, 0.2) is 0 Å². The standard InChI is InChI=1S/C17H14N2O3/c1-11(13-7-3-6-10-16(13)20)17-12(2)18(21)14-8-4-5-9-15(14)19(17)22/h3-10,20H,1H2,2H3. The average molecular weight is 294 g/mol. The number of aromatic nitrogens is 2. The van der Waals surface area contributed by atoms with Crippen molar-refractivity contribution in [1.82, 2.24) is 0 Å². The third kappa shape index (κ3) is 1.95. The number of phenols is 1. The fraction of sp³-hybridized carbons (Fsp3) is 0.0588. The Morgan fingerprint density at radius 3 is 2.14 bits per heavy atom. The third-order valence-corrected chi connectivity index (χ3v) is 3.68. The quantitative estimate of drug-likeness (QED) is 0.581. The van der Waals surface area contributed by atoms with Gasteiger partial charge in [0.25, 0.3) is 22.4 Å². The molecule has 3 rings (SSSR count). The monoisotopic (exact) mass is 294 g/mol. The number of aromatic hydroxyl groups is 1. The maximum absolute atomic E-state index is 12.6. The normalized spacial score (nSPS) is 10.8. The molecule has 0 atom stereocenters. The number of fused-ring (bicyclic) bond motifs is 1. The number of phenolic OH excluding ortho intramolecular Hbond substituents is 1. The van der Waals surface area contributed by atoms with Crippen LogP contribution in [-0.4, -0.2) is 5.11 Å². The first kappa shape index (κ1) is 13.9. The smallest absolute Gasteiger partial charge is 0.293 e. The van der Waals surface area contributed by atoms with Crippen LogP contribution in [0.2, 0.25) is 0 Å². The molecule has 1 heterocycles. The highest BCUT2D eigenvalue weighted by Gasteiger charge is 2.28. The molecule has 0 aliphatic carbocycles. The van der Waals surface area contributed by atoms with Crippen LogP contribution in [0.15, 0.2) is 55.1 Å². The largest absolute Gasteiger partial charge is 0.618 e. The van der Waals surface area contributed by atoms with Crippen molar-refractivity contribution in [2.24, 2.45) is 0 Å². The second-order valence-electron chi connectivity index (χ2n) is 5.01. The van der Waals surface area contributed by atoms with Crippen molar-refractivity contribution in [3.05, 3.63) is 82.5 Å². The van der Waals surface area contributed by atoms with Gasteiger partial charge in [-0.25, -0.2) is 0 Å². The van der Waals surface area contributed by atoms with E-state index in [1.54, 1.807) is 49.4 Å². The zero-order chi connectivity index (χ0) is 15.9. The van der Waals surface area contributed by atoms with Crippen LogP contribution in [0.25, 0.3) is 16.6 Å². The summed E-state index contributed by atoms with van der Waals surface area (Å²) < 4.78 is 1.40. The fourth-order valence-corrected chi connectivity index (χ4v) is 2.55. The highest BCUT2D eigenvalue weighted by molar-refractivity contribution is 5.80. The number of nitrogens with zero attached hydrogens (tertiary/aromatic N) is 2. The Kier molecular flexibility index (Phi) is 3.18. The van der Waals surface area contributed by atoms with Gasteiger partial charge in [-0.1, -0.05) is 36.9 Å². The molecule has 0 amide bonds. The average Bonchev–Trinajstić information content (AvgIpc) is 2.53. The van der Waals surface area contributed by atoms with E-state index in [0.29, 0.717) is 26.1 Å². The first-order chi connectivity index (χ1) is 10.5. The highest BCUT2D eigenvalue weighted by atomic mass is 16.5. The van der Waals surface area contributed by atoms with Gasteiger partial charge < -0.3 is 15.5 Å². The SMILES string of the molecule is C=C(c1ccccc1O)c1c(C)[n+]([O-])c2ccccc2[n+]1[O-]. The van der Waals surface area contributed by atoms with Crippen LogP contribution in [0.3, 0.4) is 0 Å². The second kappa shape index (κ2) is 5.04. The molecule has 22 heavy (non-hydrogen) atoms. The predicted octanol–water partition coefficient (Wildman–Crippen LogP) is 2.18. The van der Waals surface area contributed by atoms with E-state index in [2.05, 4.69) is 6.58 Å². The van der Waals surface area contributed by atoms with Crippen molar-refractivity contribution in [3.8, 4) is 5.75 Å². The van der Waals surface area contributed by atoms with Crippen molar-refractivity contribution < 1.29 is 14.6 Å². The van der Waals surface area contributed by atoms with Gasteiger partial charge in [0, 0.05) is 24.6 Å². The zero-order valence-corrected chi connectivity index (χ0v) is 12.0. The molecule has 1 N–H and O–H groups in total. The molecule has 5 nitrogen and oxygen atoms in total. The summed E-state index contributed by atoms with van der Waals surface area (Å²) in [5.74, 6) is 0.0116. The summed E-state index contributed by atoms with van der Waals surface area (Å²) in [5, 5.41) is 35.0. The lowest BCUT2D eigenvalue weighted by Crippen LogP contribution is -2.44. The molecule has 0 unspecified atom stereocenters. The molecule has 0 spiro atoms. The molecule has 3 aromatic rings. The third-order valence-electron chi connectivity index (χ3n) is 3.68. The fourth-order valence-electron chi connectivity index (χ4n) is 2.55. The van der Waals surface area contributed by atoms with E-state index in [-0.39, 0.29) is 22.7 Å². The first-order valence-electron chi connectivity index (χ1n) is 6.74. The van der Waals surface area contributed by atoms with Gasteiger partial charge in [0.1, 0.15) is 5.75 Å². The van der Waals surface area contributed by atoms with Crippen molar-refractivity contribution in [1.29, 1.82) is 0 Å². The summed E-state index contributed by atoms with van der Waals surface area (Å²) in [6.07, 6.45) is 0. The predicted molar refractivity (Wildman–Crippen MR) is 82.8 cm³/mol. The van der Waals surface area contributed by atoms with Crippen LogP contribution < -0.4 is 9.46 Å². The topological polar surface area (TPSA) is 74.1 Å². The Balaban J connectivity index is 2.32. The molecular formula is C17H14N2O3. The van der Waals surface area contributed by atoms with E-state index in [0.717, 1.165) is 0 Å². The Morgan fingerprint density at radius 2 is 1.50 bits per heavy atom. The minimum atomic E-state index is 0.0116. The lowest BCUT2D eigenvalue weighted by Gasteiger charge is -2.13. The van der Waals surface area contributed by atoms with Gasteiger partial charge in [-0.15, -0.1) is 0 Å². The lowest BCUT2D eigenvalue weighted by atomic mass is 10.0. The Labute approximate surface area is 127 Å². The molecule has 110 valence electrons. The van der Waals surface area contributed by atoms with Crippen molar-refractivity contribution >= 4 is 16.6 Å². The van der Waals surface area contributed by atoms with E-state index < -0.39 is 0 Å². The van der Waals surface area contributed by atoms with Crippen LogP contribution in [-0.2, 0) is 0 Å². The van der Waals surface area contributed by atoms with Gasteiger partial charge in [0.2, 0.25) is 0 Å². The minimum Gasteiger partial charge on any atom is -0.618 e. The van der Waals surface area contributed by atoms with Gasteiger partial charge in [-0.05, 0) is 6.07 Å². The molecule has 2 aromatic carbocycles. The van der Waals surface area contributed by atoms with Crippen molar-refractivity contribution in [2.45, 2.75) is 6.92 Å². The molecule has 0 aliphatic heterocycles. The summed E-state index contributed by atoms with van der Waals surface area (Å²) in [4.78, 5) is 0. The van der Waals surface area contributed by atoms with Crippen molar-refractivity contribution in [3.63, 3.8) is 0 Å². The molecule has 5 heteroatoms. The maximum atomic E-state index is 12.6. The zero-order valence-electron chi connectivity index (χ0n) is 12.0. The van der Waals surface area contributed by atoms with E-state index in [1.807, 2.05) is 0 Å². The van der Waals surface area contributed by atoms with Gasteiger partial charge >= 0.3 is 0 Å². The molecule has 1 aromatic heterocycles. The van der Waals surface area contributed by atoms with Crippen LogP contribution in [0.5, 0.6) is 5.75 Å². The molecule has 0 aliphatic rings. The van der Waals surface area contributed by atoms with E-state index in [1.165, 1.54) is 6.07 Å². The van der Waals surface area contributed by atoms with E-state index in [4.69, 9.17) is 0 Å². The van der Waals surface area contributed by atoms with E-state index >= 15 is 0 Å². The summed E-state index contributed by atoms with van der Waals surface area (Å²) in [7, 11) is 0. The highest BCUT2D eigenvalue weighted by Crippen LogP contribution is 2.28. The Morgan fingerprint density at radius 1 is 0.955 bits per heavy atom. The molecule has 0 saturated heterocycles. The van der Waals surface area contributed by atoms with E-state index in [9.17, 15) is 15.5 Å².